The van der Waals surface area contributed by atoms with Crippen LogP contribution < -0.4 is 10.9 Å². The molecule has 3 aromatic heterocycles. The lowest BCUT2D eigenvalue weighted by molar-refractivity contribution is 0.597. The Labute approximate surface area is 188 Å². The molecule has 0 aliphatic carbocycles. The standard InChI is InChI=1S/C24H22FN7O/c1-4-16(30-22-19-21(27-11-26-19)28-12-29-22)23-31-17-10-6-7-13(2)18(17)24(33)32(23)20-14(3)8-5-9-15(20)25/h5-12,16H,4H2,1-3H3,(H2,26,27,28,29,30). The maximum atomic E-state index is 15.1. The van der Waals surface area contributed by atoms with Crippen LogP contribution in [-0.2, 0) is 0 Å². The fraction of sp³-hybridized carbons (Fsp3) is 0.208. The number of aromatic nitrogens is 6. The lowest BCUT2D eigenvalue weighted by atomic mass is 10.1. The Morgan fingerprint density at radius 3 is 2.67 bits per heavy atom. The molecule has 5 aromatic rings. The first kappa shape index (κ1) is 20.7. The van der Waals surface area contributed by atoms with Crippen LogP contribution in [0, 0.1) is 19.7 Å². The monoisotopic (exact) mass is 443 g/mol. The van der Waals surface area contributed by atoms with Gasteiger partial charge >= 0.3 is 0 Å². The second kappa shape index (κ2) is 8.09. The summed E-state index contributed by atoms with van der Waals surface area (Å²) in [6.07, 6.45) is 3.54. The highest BCUT2D eigenvalue weighted by Crippen LogP contribution is 2.28. The summed E-state index contributed by atoms with van der Waals surface area (Å²) in [5.74, 6) is 0.416. The Hall–Kier alpha value is -4.14. The fourth-order valence-electron chi connectivity index (χ4n) is 4.15. The number of aryl methyl sites for hydroxylation is 2. The van der Waals surface area contributed by atoms with Crippen LogP contribution in [-0.4, -0.2) is 29.5 Å². The molecule has 0 bridgehead atoms. The summed E-state index contributed by atoms with van der Waals surface area (Å²) in [5.41, 5.74) is 3.04. The SMILES string of the molecule is CCC(Nc1ncnc2[nH]cnc12)c1nc2cccc(C)c2c(=O)n1-c1c(C)cccc1F. The van der Waals surface area contributed by atoms with Crippen LogP contribution in [0.15, 0.2) is 53.8 Å². The Morgan fingerprint density at radius 2 is 1.88 bits per heavy atom. The molecule has 5 rings (SSSR count). The second-order valence-electron chi connectivity index (χ2n) is 7.91. The van der Waals surface area contributed by atoms with Gasteiger partial charge in [0.25, 0.3) is 5.56 Å². The van der Waals surface area contributed by atoms with E-state index in [1.54, 1.807) is 31.5 Å². The predicted octanol–water partition coefficient (Wildman–Crippen LogP) is 4.37. The highest BCUT2D eigenvalue weighted by Gasteiger charge is 2.24. The Kier molecular flexibility index (Phi) is 5.08. The molecule has 0 fully saturated rings. The Bertz CT molecular complexity index is 1540. The number of nitrogens with zero attached hydrogens (tertiary/aromatic N) is 5. The first-order valence-electron chi connectivity index (χ1n) is 10.7. The first-order chi connectivity index (χ1) is 16.0. The smallest absolute Gasteiger partial charge is 0.266 e. The summed E-state index contributed by atoms with van der Waals surface area (Å²) in [4.78, 5) is 34.4. The average Bonchev–Trinajstić information content (AvgIpc) is 3.28. The Morgan fingerprint density at radius 1 is 1.09 bits per heavy atom. The molecule has 0 spiro atoms. The molecule has 3 heterocycles. The summed E-state index contributed by atoms with van der Waals surface area (Å²) in [6, 6.07) is 9.83. The van der Waals surface area contributed by atoms with Gasteiger partial charge in [0.1, 0.15) is 23.5 Å². The Balaban J connectivity index is 1.79. The minimum atomic E-state index is -0.486. The predicted molar refractivity (Wildman–Crippen MR) is 125 cm³/mol. The van der Waals surface area contributed by atoms with Gasteiger partial charge in [0, 0.05) is 0 Å². The van der Waals surface area contributed by atoms with Gasteiger partial charge in [-0.1, -0.05) is 31.2 Å². The lowest BCUT2D eigenvalue weighted by Crippen LogP contribution is -2.30. The lowest BCUT2D eigenvalue weighted by Gasteiger charge is -2.23. The first-order valence-corrected chi connectivity index (χ1v) is 10.7. The van der Waals surface area contributed by atoms with Crippen molar-refractivity contribution in [2.24, 2.45) is 0 Å². The third kappa shape index (κ3) is 3.42. The summed E-state index contributed by atoms with van der Waals surface area (Å²) < 4.78 is 16.5. The van der Waals surface area contributed by atoms with Crippen LogP contribution in [0.2, 0.25) is 0 Å². The zero-order valence-corrected chi connectivity index (χ0v) is 18.4. The normalized spacial score (nSPS) is 12.4. The number of H-pyrrole nitrogens is 1. The van der Waals surface area contributed by atoms with Gasteiger partial charge in [0.05, 0.1) is 29.0 Å². The quantitative estimate of drug-likeness (QED) is 0.418. The number of hydrogen-bond acceptors (Lipinski definition) is 6. The number of nitrogens with one attached hydrogen (secondary N) is 2. The van der Waals surface area contributed by atoms with E-state index in [2.05, 4.69) is 25.3 Å². The molecular formula is C24H22FN7O. The van der Waals surface area contributed by atoms with Crippen LogP contribution in [0.1, 0.15) is 36.3 Å². The summed E-state index contributed by atoms with van der Waals surface area (Å²) in [6.45, 7) is 5.60. The molecule has 1 atom stereocenters. The van der Waals surface area contributed by atoms with Crippen molar-refractivity contribution in [2.45, 2.75) is 33.2 Å². The third-order valence-corrected chi connectivity index (χ3v) is 5.79. The minimum absolute atomic E-state index is 0.197. The van der Waals surface area contributed by atoms with Crippen molar-refractivity contribution < 1.29 is 4.39 Å². The number of benzene rings is 2. The number of imidazole rings is 1. The van der Waals surface area contributed by atoms with Crippen molar-refractivity contribution in [3.63, 3.8) is 0 Å². The molecule has 8 nitrogen and oxygen atoms in total. The van der Waals surface area contributed by atoms with E-state index in [9.17, 15) is 4.79 Å². The highest BCUT2D eigenvalue weighted by atomic mass is 19.1. The molecule has 2 aromatic carbocycles. The topological polar surface area (TPSA) is 101 Å². The van der Waals surface area contributed by atoms with Gasteiger partial charge in [0.15, 0.2) is 11.5 Å². The number of halogens is 1. The molecule has 166 valence electrons. The number of anilines is 1. The average molecular weight is 443 g/mol. The van der Waals surface area contributed by atoms with Crippen molar-refractivity contribution in [3.8, 4) is 5.69 Å². The van der Waals surface area contributed by atoms with E-state index in [0.717, 1.165) is 5.56 Å². The van der Waals surface area contributed by atoms with Crippen LogP contribution in [0.5, 0.6) is 0 Å². The molecule has 1 unspecified atom stereocenters. The van der Waals surface area contributed by atoms with Crippen molar-refractivity contribution >= 4 is 27.9 Å². The molecule has 0 aliphatic heterocycles. The van der Waals surface area contributed by atoms with Gasteiger partial charge in [-0.2, -0.15) is 0 Å². The van der Waals surface area contributed by atoms with Crippen LogP contribution >= 0.6 is 0 Å². The van der Waals surface area contributed by atoms with Crippen molar-refractivity contribution in [2.75, 3.05) is 5.32 Å². The number of para-hydroxylation sites is 1. The second-order valence-corrected chi connectivity index (χ2v) is 7.91. The molecule has 33 heavy (non-hydrogen) atoms. The molecular weight excluding hydrogens is 421 g/mol. The van der Waals surface area contributed by atoms with E-state index in [0.29, 0.717) is 45.7 Å². The van der Waals surface area contributed by atoms with Gasteiger partial charge in [-0.25, -0.2) is 24.3 Å². The van der Waals surface area contributed by atoms with Gasteiger partial charge in [-0.15, -0.1) is 0 Å². The van der Waals surface area contributed by atoms with Crippen LogP contribution in [0.4, 0.5) is 10.2 Å². The zero-order valence-electron chi connectivity index (χ0n) is 18.4. The van der Waals surface area contributed by atoms with Crippen molar-refractivity contribution in [1.29, 1.82) is 0 Å². The fourth-order valence-corrected chi connectivity index (χ4v) is 4.15. The molecule has 0 saturated carbocycles. The van der Waals surface area contributed by atoms with Gasteiger partial charge in [-0.05, 0) is 43.5 Å². The zero-order chi connectivity index (χ0) is 23.1. The highest BCUT2D eigenvalue weighted by molar-refractivity contribution is 5.83. The largest absolute Gasteiger partial charge is 0.358 e. The maximum Gasteiger partial charge on any atom is 0.266 e. The number of aromatic amines is 1. The van der Waals surface area contributed by atoms with Crippen molar-refractivity contribution in [3.05, 3.63) is 82.2 Å². The van der Waals surface area contributed by atoms with Gasteiger partial charge < -0.3 is 10.3 Å². The van der Waals surface area contributed by atoms with Gasteiger partial charge in [0.2, 0.25) is 0 Å². The summed E-state index contributed by atoms with van der Waals surface area (Å²) >= 11 is 0. The van der Waals surface area contributed by atoms with Crippen LogP contribution in [0.3, 0.4) is 0 Å². The summed E-state index contributed by atoms with van der Waals surface area (Å²) in [7, 11) is 0. The van der Waals surface area contributed by atoms with Crippen LogP contribution in [0.25, 0.3) is 27.8 Å². The van der Waals surface area contributed by atoms with Crippen molar-refractivity contribution in [1.82, 2.24) is 29.5 Å². The summed E-state index contributed by atoms with van der Waals surface area (Å²) in [5, 5.41) is 3.82. The minimum Gasteiger partial charge on any atom is -0.358 e. The maximum absolute atomic E-state index is 15.1. The van der Waals surface area contributed by atoms with E-state index in [4.69, 9.17) is 4.98 Å². The molecule has 0 radical (unpaired) electrons. The van der Waals surface area contributed by atoms with E-state index in [1.807, 2.05) is 26.0 Å². The number of hydrogen-bond donors (Lipinski definition) is 2. The van der Waals surface area contributed by atoms with E-state index < -0.39 is 11.9 Å². The molecule has 0 amide bonds. The van der Waals surface area contributed by atoms with Gasteiger partial charge in [-0.3, -0.25) is 9.36 Å². The number of fused-ring (bicyclic) bond motifs is 2. The third-order valence-electron chi connectivity index (χ3n) is 5.79. The molecule has 2 N–H and O–H groups in total. The molecule has 0 aliphatic rings. The number of rotatable bonds is 5. The van der Waals surface area contributed by atoms with E-state index in [-0.39, 0.29) is 11.2 Å². The van der Waals surface area contributed by atoms with E-state index >= 15 is 4.39 Å². The molecule has 9 heteroatoms. The van der Waals surface area contributed by atoms with E-state index in [1.165, 1.54) is 17.0 Å². The molecule has 0 saturated heterocycles.